The Hall–Kier alpha value is -0.990. The van der Waals surface area contributed by atoms with Crippen molar-refractivity contribution in [1.29, 1.82) is 0 Å². The molecule has 3 nitrogen and oxygen atoms in total. The maximum absolute atomic E-state index is 14.1. The zero-order valence-electron chi connectivity index (χ0n) is 15.5. The van der Waals surface area contributed by atoms with Gasteiger partial charge in [0.1, 0.15) is 6.10 Å². The molecule has 0 aromatic carbocycles. The highest BCUT2D eigenvalue weighted by molar-refractivity contribution is 5.66. The number of methoxy groups -OCH3 is 1. The minimum Gasteiger partial charge on any atom is -0.463 e. The molecule has 2 rings (SSSR count). The van der Waals surface area contributed by atoms with E-state index in [0.717, 1.165) is 0 Å². The number of ether oxygens (including phenoxy) is 2. The van der Waals surface area contributed by atoms with Gasteiger partial charge in [-0.2, -0.15) is 26.3 Å². The number of alkyl halides is 6. The fourth-order valence-electron chi connectivity index (χ4n) is 5.04. The van der Waals surface area contributed by atoms with Gasteiger partial charge in [-0.25, -0.2) is 0 Å². The van der Waals surface area contributed by atoms with E-state index in [1.54, 1.807) is 0 Å². The van der Waals surface area contributed by atoms with Crippen LogP contribution in [0, 0.1) is 17.3 Å². The molecule has 2 saturated carbocycles. The second-order valence-corrected chi connectivity index (χ2v) is 7.66. The highest BCUT2D eigenvalue weighted by Gasteiger charge is 2.76. The monoisotopic (exact) mass is 404 g/mol. The van der Waals surface area contributed by atoms with Gasteiger partial charge in [0.05, 0.1) is 6.10 Å². The van der Waals surface area contributed by atoms with E-state index in [2.05, 4.69) is 0 Å². The number of halogens is 6. The first kappa shape index (κ1) is 22.3. The molecule has 2 aliphatic rings. The van der Waals surface area contributed by atoms with Gasteiger partial charge < -0.3 is 9.47 Å². The summed E-state index contributed by atoms with van der Waals surface area (Å²) in [6.07, 6.45) is -12.1. The maximum atomic E-state index is 14.1. The first-order chi connectivity index (χ1) is 12.4. The van der Waals surface area contributed by atoms with Crippen LogP contribution in [0.25, 0.3) is 0 Å². The van der Waals surface area contributed by atoms with Crippen LogP contribution >= 0.6 is 0 Å². The van der Waals surface area contributed by atoms with Crippen molar-refractivity contribution >= 4 is 5.97 Å². The average molecular weight is 404 g/mol. The van der Waals surface area contributed by atoms with Gasteiger partial charge in [0.2, 0.25) is 0 Å². The van der Waals surface area contributed by atoms with Crippen LogP contribution in [0.1, 0.15) is 58.3 Å². The van der Waals surface area contributed by atoms with E-state index in [9.17, 15) is 31.1 Å². The Balaban J connectivity index is 2.32. The molecule has 0 radical (unpaired) electrons. The van der Waals surface area contributed by atoms with Crippen molar-refractivity contribution < 1.29 is 40.6 Å². The van der Waals surface area contributed by atoms with E-state index in [-0.39, 0.29) is 57.5 Å². The zero-order chi connectivity index (χ0) is 20.5. The maximum Gasteiger partial charge on any atom is 0.403 e. The first-order valence-electron chi connectivity index (χ1n) is 9.27. The Bertz CT molecular complexity index is 486. The van der Waals surface area contributed by atoms with Crippen LogP contribution < -0.4 is 0 Å². The van der Waals surface area contributed by atoms with E-state index >= 15 is 0 Å². The summed E-state index contributed by atoms with van der Waals surface area (Å²) in [5, 5.41) is 0. The van der Waals surface area contributed by atoms with Crippen LogP contribution in [-0.2, 0) is 14.3 Å². The topological polar surface area (TPSA) is 35.5 Å². The van der Waals surface area contributed by atoms with Crippen molar-refractivity contribution in [3.63, 3.8) is 0 Å². The van der Waals surface area contributed by atoms with Crippen LogP contribution in [0.3, 0.4) is 0 Å². The summed E-state index contributed by atoms with van der Waals surface area (Å²) in [4.78, 5) is 11.0. The lowest BCUT2D eigenvalue weighted by molar-refractivity contribution is -0.383. The van der Waals surface area contributed by atoms with E-state index in [4.69, 9.17) is 9.47 Å². The number of carbonyl (C=O) groups excluding carboxylic acids is 1. The highest BCUT2D eigenvalue weighted by atomic mass is 19.4. The van der Waals surface area contributed by atoms with Gasteiger partial charge in [-0.1, -0.05) is 0 Å². The summed E-state index contributed by atoms with van der Waals surface area (Å²) in [5.41, 5.74) is -3.72. The van der Waals surface area contributed by atoms with Gasteiger partial charge in [0, 0.05) is 14.0 Å². The normalized spacial score (nSPS) is 30.8. The Labute approximate surface area is 154 Å². The molecule has 0 bridgehead atoms. The molecule has 0 spiro atoms. The van der Waals surface area contributed by atoms with Crippen LogP contribution in [0.4, 0.5) is 26.3 Å². The lowest BCUT2D eigenvalue weighted by Gasteiger charge is -2.51. The fourth-order valence-corrected chi connectivity index (χ4v) is 5.04. The lowest BCUT2D eigenvalue weighted by Crippen LogP contribution is -2.61. The second-order valence-electron chi connectivity index (χ2n) is 7.66. The van der Waals surface area contributed by atoms with Crippen LogP contribution in [0.5, 0.6) is 0 Å². The highest BCUT2D eigenvalue weighted by Crippen LogP contribution is 2.64. The molecule has 0 amide bonds. The summed E-state index contributed by atoms with van der Waals surface area (Å²) < 4.78 is 94.6. The predicted octanol–water partition coefficient (Wildman–Crippen LogP) is 5.42. The molecule has 0 aromatic rings. The van der Waals surface area contributed by atoms with Gasteiger partial charge in [0.25, 0.3) is 0 Å². The van der Waals surface area contributed by atoms with Crippen molar-refractivity contribution in [3.8, 4) is 0 Å². The summed E-state index contributed by atoms with van der Waals surface area (Å²) in [7, 11) is 1.42. The zero-order valence-corrected chi connectivity index (χ0v) is 15.5. The number of hydrogen-bond acceptors (Lipinski definition) is 3. The fraction of sp³-hybridized carbons (Fsp3) is 0.944. The Morgan fingerprint density at radius 3 is 1.41 bits per heavy atom. The van der Waals surface area contributed by atoms with Crippen LogP contribution in [0.15, 0.2) is 0 Å². The molecule has 2 aliphatic carbocycles. The largest absolute Gasteiger partial charge is 0.463 e. The summed E-state index contributed by atoms with van der Waals surface area (Å²) >= 11 is 0. The molecule has 0 aromatic heterocycles. The van der Waals surface area contributed by atoms with Gasteiger partial charge in [-0.05, 0) is 63.2 Å². The lowest BCUT2D eigenvalue weighted by atomic mass is 9.57. The van der Waals surface area contributed by atoms with Crippen LogP contribution in [0.2, 0.25) is 0 Å². The molecule has 0 aliphatic heterocycles. The molecule has 2 fully saturated rings. The average Bonchev–Trinajstić information content (AvgIpc) is 2.54. The summed E-state index contributed by atoms with van der Waals surface area (Å²) in [6, 6.07) is 0. The smallest absolute Gasteiger partial charge is 0.403 e. The molecule has 0 N–H and O–H groups in total. The Morgan fingerprint density at radius 2 is 1.11 bits per heavy atom. The minimum absolute atomic E-state index is 0.0194. The molecule has 9 heteroatoms. The number of rotatable bonds is 4. The van der Waals surface area contributed by atoms with E-state index in [0.29, 0.717) is 0 Å². The minimum atomic E-state index is -5.39. The molecule has 158 valence electrons. The van der Waals surface area contributed by atoms with Gasteiger partial charge in [-0.3, -0.25) is 4.79 Å². The van der Waals surface area contributed by atoms with Crippen molar-refractivity contribution in [2.45, 2.75) is 82.9 Å². The first-order valence-corrected chi connectivity index (χ1v) is 9.27. The third kappa shape index (κ3) is 4.38. The predicted molar refractivity (Wildman–Crippen MR) is 84.8 cm³/mol. The quantitative estimate of drug-likeness (QED) is 0.463. The number of carbonyl (C=O) groups is 1. The number of hydrogen-bond donors (Lipinski definition) is 0. The number of esters is 1. The van der Waals surface area contributed by atoms with Crippen molar-refractivity contribution in [2.24, 2.45) is 17.3 Å². The SMILES string of the molecule is COC1CCC(C(C2CCC(OC(C)=O)CC2)(C(F)(F)F)C(F)(F)F)CC1. The molecule has 0 atom stereocenters. The molecular weight excluding hydrogens is 378 g/mol. The molecule has 0 saturated heterocycles. The summed E-state index contributed by atoms with van der Waals surface area (Å²) in [5.74, 6) is -3.65. The third-order valence-corrected chi connectivity index (χ3v) is 6.24. The summed E-state index contributed by atoms with van der Waals surface area (Å²) in [6.45, 7) is 1.18. The van der Waals surface area contributed by atoms with Gasteiger partial charge in [0.15, 0.2) is 5.41 Å². The Morgan fingerprint density at radius 1 is 0.741 bits per heavy atom. The second kappa shape index (κ2) is 8.17. The van der Waals surface area contributed by atoms with Crippen molar-refractivity contribution in [2.75, 3.05) is 7.11 Å². The molecular formula is C18H26F6O3. The Kier molecular flexibility index (Phi) is 6.75. The van der Waals surface area contributed by atoms with Crippen molar-refractivity contribution in [1.82, 2.24) is 0 Å². The molecule has 0 heterocycles. The van der Waals surface area contributed by atoms with E-state index in [1.165, 1.54) is 14.0 Å². The third-order valence-electron chi connectivity index (χ3n) is 6.24. The standard InChI is InChI=1S/C18H26F6O3/c1-11(25)27-15-9-5-13(6-10-15)16(17(19,20)21,18(22,23)24)12-3-7-14(26-2)8-4-12/h12-15H,3-10H2,1-2H3. The van der Waals surface area contributed by atoms with Crippen LogP contribution in [-0.4, -0.2) is 37.6 Å². The van der Waals surface area contributed by atoms with Crippen molar-refractivity contribution in [3.05, 3.63) is 0 Å². The van der Waals surface area contributed by atoms with E-state index in [1.807, 2.05) is 0 Å². The van der Waals surface area contributed by atoms with Gasteiger partial charge >= 0.3 is 18.3 Å². The molecule has 27 heavy (non-hydrogen) atoms. The molecule has 0 unspecified atom stereocenters. The van der Waals surface area contributed by atoms with Gasteiger partial charge in [-0.15, -0.1) is 0 Å². The van der Waals surface area contributed by atoms with E-state index < -0.39 is 41.7 Å².